The van der Waals surface area contributed by atoms with Crippen LogP contribution in [0.3, 0.4) is 0 Å². The number of aromatic nitrogens is 3. The minimum atomic E-state index is 0.125. The minimum absolute atomic E-state index is 0.125. The summed E-state index contributed by atoms with van der Waals surface area (Å²) in [5.74, 6) is 0. The maximum Gasteiger partial charge on any atom is 0.144 e. The van der Waals surface area contributed by atoms with Crippen LogP contribution in [0.15, 0.2) is 12.3 Å². The third-order valence-corrected chi connectivity index (χ3v) is 3.95. The molecule has 5 heteroatoms. The van der Waals surface area contributed by atoms with E-state index in [4.69, 9.17) is 4.98 Å². The second kappa shape index (κ2) is 5.43. The number of nitrogens with one attached hydrogen (secondary N) is 1. The highest BCUT2D eigenvalue weighted by molar-refractivity contribution is 7.15. The Hall–Kier alpha value is -1.20. The van der Waals surface area contributed by atoms with Crippen molar-refractivity contribution in [1.82, 2.24) is 20.1 Å². The summed E-state index contributed by atoms with van der Waals surface area (Å²) in [6.07, 6.45) is 2.92. The van der Waals surface area contributed by atoms with Crippen molar-refractivity contribution >= 4 is 11.3 Å². The Balaban J connectivity index is 2.22. The predicted octanol–water partition coefficient (Wildman–Crippen LogP) is 2.99. The van der Waals surface area contributed by atoms with Crippen LogP contribution in [0, 0.1) is 0 Å². The fourth-order valence-corrected chi connectivity index (χ4v) is 2.84. The van der Waals surface area contributed by atoms with Crippen molar-refractivity contribution in [3.8, 4) is 10.7 Å². The quantitative estimate of drug-likeness (QED) is 0.935. The molecule has 2 aromatic rings. The largest absolute Gasteiger partial charge is 0.307 e. The van der Waals surface area contributed by atoms with E-state index in [-0.39, 0.29) is 5.54 Å². The summed E-state index contributed by atoms with van der Waals surface area (Å²) in [4.78, 5) is 6.03. The summed E-state index contributed by atoms with van der Waals surface area (Å²) >= 11 is 1.74. The van der Waals surface area contributed by atoms with Crippen LogP contribution in [0.2, 0.25) is 0 Å². The topological polar surface area (TPSA) is 42.7 Å². The Morgan fingerprint density at radius 3 is 2.63 bits per heavy atom. The Labute approximate surface area is 118 Å². The molecule has 4 nitrogen and oxygen atoms in total. The van der Waals surface area contributed by atoms with E-state index in [0.717, 1.165) is 23.7 Å². The van der Waals surface area contributed by atoms with Gasteiger partial charge in [0, 0.05) is 30.2 Å². The van der Waals surface area contributed by atoms with Gasteiger partial charge in [-0.1, -0.05) is 6.92 Å². The van der Waals surface area contributed by atoms with Gasteiger partial charge < -0.3 is 5.32 Å². The second-order valence-electron chi connectivity index (χ2n) is 5.72. The summed E-state index contributed by atoms with van der Waals surface area (Å²) in [6, 6.07) is 2.01. The molecule has 2 aromatic heterocycles. The van der Waals surface area contributed by atoms with E-state index in [1.807, 2.05) is 24.0 Å². The molecule has 2 rings (SSSR count). The molecule has 0 aliphatic heterocycles. The molecule has 0 spiro atoms. The average molecular weight is 278 g/mol. The summed E-state index contributed by atoms with van der Waals surface area (Å²) < 4.78 is 1.81. The highest BCUT2D eigenvalue weighted by Crippen LogP contribution is 2.27. The lowest BCUT2D eigenvalue weighted by Crippen LogP contribution is -2.35. The molecule has 2 heterocycles. The van der Waals surface area contributed by atoms with Gasteiger partial charge in [0.05, 0.1) is 5.69 Å². The molecular weight excluding hydrogens is 256 g/mol. The van der Waals surface area contributed by atoms with Crippen LogP contribution in [0.5, 0.6) is 0 Å². The molecule has 0 aromatic carbocycles. The van der Waals surface area contributed by atoms with Crippen LogP contribution in [0.4, 0.5) is 0 Å². The number of thiazole rings is 1. The Morgan fingerprint density at radius 2 is 2.11 bits per heavy atom. The van der Waals surface area contributed by atoms with E-state index < -0.39 is 0 Å². The highest BCUT2D eigenvalue weighted by Gasteiger charge is 2.15. The van der Waals surface area contributed by atoms with Gasteiger partial charge in [-0.3, -0.25) is 4.68 Å². The van der Waals surface area contributed by atoms with E-state index in [2.05, 4.69) is 38.1 Å². The highest BCUT2D eigenvalue weighted by atomic mass is 32.1. The zero-order chi connectivity index (χ0) is 14.0. The van der Waals surface area contributed by atoms with Crippen LogP contribution in [0.1, 0.15) is 38.3 Å². The lowest BCUT2D eigenvalue weighted by Gasteiger charge is -2.20. The van der Waals surface area contributed by atoms with Gasteiger partial charge in [0.2, 0.25) is 0 Å². The lowest BCUT2D eigenvalue weighted by atomic mass is 10.1. The summed E-state index contributed by atoms with van der Waals surface area (Å²) in [5.41, 5.74) is 2.27. The van der Waals surface area contributed by atoms with Crippen molar-refractivity contribution in [2.75, 3.05) is 0 Å². The van der Waals surface area contributed by atoms with Crippen molar-refractivity contribution in [2.45, 2.75) is 46.2 Å². The first-order valence-electron chi connectivity index (χ1n) is 6.62. The van der Waals surface area contributed by atoms with Gasteiger partial charge in [-0.05, 0) is 33.3 Å². The van der Waals surface area contributed by atoms with Gasteiger partial charge in [-0.25, -0.2) is 4.98 Å². The maximum atomic E-state index is 4.72. The first-order chi connectivity index (χ1) is 8.89. The van der Waals surface area contributed by atoms with Crippen molar-refractivity contribution < 1.29 is 0 Å². The SMILES string of the molecule is CCc1nc(-c2ccn(C)n2)sc1CNC(C)(C)C. The summed E-state index contributed by atoms with van der Waals surface area (Å²) in [6.45, 7) is 9.56. The van der Waals surface area contributed by atoms with Gasteiger partial charge in [-0.15, -0.1) is 11.3 Å². The van der Waals surface area contributed by atoms with E-state index in [9.17, 15) is 0 Å². The molecule has 0 aliphatic rings. The van der Waals surface area contributed by atoms with Crippen molar-refractivity contribution in [1.29, 1.82) is 0 Å². The molecule has 1 N–H and O–H groups in total. The molecule has 0 atom stereocenters. The van der Waals surface area contributed by atoms with Gasteiger partial charge in [0.1, 0.15) is 10.7 Å². The molecule has 104 valence electrons. The number of nitrogens with zero attached hydrogens (tertiary/aromatic N) is 3. The summed E-state index contributed by atoms with van der Waals surface area (Å²) in [5, 5.41) is 8.97. The van der Waals surface area contributed by atoms with Gasteiger partial charge >= 0.3 is 0 Å². The molecular formula is C14H22N4S. The van der Waals surface area contributed by atoms with Crippen molar-refractivity contribution in [3.05, 3.63) is 22.8 Å². The van der Waals surface area contributed by atoms with E-state index in [1.54, 1.807) is 11.3 Å². The summed E-state index contributed by atoms with van der Waals surface area (Å²) in [7, 11) is 1.93. The molecule has 0 amide bonds. The monoisotopic (exact) mass is 278 g/mol. The van der Waals surface area contributed by atoms with Crippen molar-refractivity contribution in [3.63, 3.8) is 0 Å². The smallest absolute Gasteiger partial charge is 0.144 e. The van der Waals surface area contributed by atoms with Crippen LogP contribution in [-0.4, -0.2) is 20.3 Å². The Morgan fingerprint density at radius 1 is 1.37 bits per heavy atom. The number of hydrogen-bond acceptors (Lipinski definition) is 4. The molecule has 0 bridgehead atoms. The molecule has 0 unspecified atom stereocenters. The maximum absolute atomic E-state index is 4.72. The third-order valence-electron chi connectivity index (χ3n) is 2.83. The van der Waals surface area contributed by atoms with Crippen LogP contribution >= 0.6 is 11.3 Å². The van der Waals surface area contributed by atoms with Crippen molar-refractivity contribution in [2.24, 2.45) is 7.05 Å². The van der Waals surface area contributed by atoms with E-state index >= 15 is 0 Å². The molecule has 0 saturated carbocycles. The zero-order valence-electron chi connectivity index (χ0n) is 12.3. The predicted molar refractivity (Wildman–Crippen MR) is 80.3 cm³/mol. The fourth-order valence-electron chi connectivity index (χ4n) is 1.78. The Bertz CT molecular complexity index is 548. The molecule has 0 saturated heterocycles. The van der Waals surface area contributed by atoms with Crippen LogP contribution in [0.25, 0.3) is 10.7 Å². The van der Waals surface area contributed by atoms with Gasteiger partial charge in [0.15, 0.2) is 0 Å². The Kier molecular flexibility index (Phi) is 4.06. The standard InChI is InChI=1S/C14H22N4S/c1-6-10-12(9-15-14(2,3)4)19-13(16-10)11-7-8-18(5)17-11/h7-8,15H,6,9H2,1-5H3. The second-order valence-corrected chi connectivity index (χ2v) is 6.80. The number of aryl methyl sites for hydroxylation is 2. The molecule has 0 fully saturated rings. The van der Waals surface area contributed by atoms with E-state index in [0.29, 0.717) is 0 Å². The first kappa shape index (κ1) is 14.2. The fraction of sp³-hybridized carbons (Fsp3) is 0.571. The zero-order valence-corrected chi connectivity index (χ0v) is 13.1. The molecule has 19 heavy (non-hydrogen) atoms. The van der Waals surface area contributed by atoms with Crippen LogP contribution < -0.4 is 5.32 Å². The molecule has 0 radical (unpaired) electrons. The molecule has 0 aliphatic carbocycles. The lowest BCUT2D eigenvalue weighted by molar-refractivity contribution is 0.425. The number of hydrogen-bond donors (Lipinski definition) is 1. The third kappa shape index (κ3) is 3.64. The normalized spacial score (nSPS) is 12.1. The van der Waals surface area contributed by atoms with E-state index in [1.165, 1.54) is 10.6 Å². The van der Waals surface area contributed by atoms with Gasteiger partial charge in [0.25, 0.3) is 0 Å². The first-order valence-corrected chi connectivity index (χ1v) is 7.44. The van der Waals surface area contributed by atoms with Crippen LogP contribution in [-0.2, 0) is 20.0 Å². The average Bonchev–Trinajstić information content (AvgIpc) is 2.91. The number of rotatable bonds is 4. The van der Waals surface area contributed by atoms with Gasteiger partial charge in [-0.2, -0.15) is 5.10 Å². The minimum Gasteiger partial charge on any atom is -0.307 e.